The quantitative estimate of drug-likeness (QED) is 0.879. The number of aliphatic hydroxyl groups excluding tert-OH is 1. The van der Waals surface area contributed by atoms with E-state index < -0.39 is 0 Å². The summed E-state index contributed by atoms with van der Waals surface area (Å²) in [5.41, 5.74) is 4.39. The Morgan fingerprint density at radius 2 is 2.21 bits per heavy atom. The van der Waals surface area contributed by atoms with Crippen molar-refractivity contribution in [1.29, 1.82) is 0 Å². The highest BCUT2D eigenvalue weighted by Gasteiger charge is 2.19. The molecule has 0 saturated carbocycles. The maximum Gasteiger partial charge on any atom is 0.123 e. The monoisotopic (exact) mass is 259 g/mol. The summed E-state index contributed by atoms with van der Waals surface area (Å²) >= 11 is 0. The van der Waals surface area contributed by atoms with Crippen LogP contribution in [0.5, 0.6) is 0 Å². The molecular weight excluding hydrogens is 241 g/mol. The van der Waals surface area contributed by atoms with E-state index in [-0.39, 0.29) is 11.9 Å². The van der Waals surface area contributed by atoms with Crippen LogP contribution in [0, 0.1) is 12.7 Å². The third-order valence-electron chi connectivity index (χ3n) is 3.94. The Morgan fingerprint density at radius 1 is 1.37 bits per heavy atom. The molecule has 0 amide bonds. The summed E-state index contributed by atoms with van der Waals surface area (Å²) in [6.07, 6.45) is 6.77. The first-order valence-corrected chi connectivity index (χ1v) is 6.75. The van der Waals surface area contributed by atoms with Crippen molar-refractivity contribution < 1.29 is 9.50 Å². The molecule has 1 N–H and O–H groups in total. The lowest BCUT2D eigenvalue weighted by atomic mass is 9.93. The van der Waals surface area contributed by atoms with Gasteiger partial charge in [-0.25, -0.2) is 4.39 Å². The van der Waals surface area contributed by atoms with Crippen LogP contribution >= 0.6 is 0 Å². The molecule has 0 fully saturated rings. The summed E-state index contributed by atoms with van der Waals surface area (Å²) in [6, 6.07) is 4.90. The van der Waals surface area contributed by atoms with Crippen LogP contribution in [0.3, 0.4) is 0 Å². The molecule has 1 aliphatic carbocycles. The molecule has 1 heterocycles. The van der Waals surface area contributed by atoms with Gasteiger partial charge in [-0.05, 0) is 55.0 Å². The molecule has 3 rings (SSSR count). The molecule has 0 bridgehead atoms. The molecule has 1 aromatic heterocycles. The van der Waals surface area contributed by atoms with Crippen LogP contribution in [0.1, 0.15) is 41.2 Å². The minimum atomic E-state index is -0.320. The molecule has 0 aliphatic heterocycles. The number of nitrogens with zero attached hydrogens (tertiary/aromatic N) is 1. The highest BCUT2D eigenvalue weighted by Crippen LogP contribution is 2.30. The lowest BCUT2D eigenvalue weighted by molar-refractivity contribution is 0.157. The third-order valence-corrected chi connectivity index (χ3v) is 3.94. The summed E-state index contributed by atoms with van der Waals surface area (Å²) < 4.78 is 15.2. The molecule has 3 heteroatoms. The highest BCUT2D eigenvalue weighted by atomic mass is 19.1. The summed E-state index contributed by atoms with van der Waals surface area (Å²) in [4.78, 5) is 0. The molecule has 1 aliphatic rings. The molecule has 2 aromatic rings. The Bertz CT molecular complexity index is 603. The Labute approximate surface area is 112 Å². The van der Waals surface area contributed by atoms with Gasteiger partial charge in [0.05, 0.1) is 6.10 Å². The van der Waals surface area contributed by atoms with Gasteiger partial charge in [0.1, 0.15) is 5.82 Å². The van der Waals surface area contributed by atoms with Crippen LogP contribution in [0.2, 0.25) is 0 Å². The van der Waals surface area contributed by atoms with Crippen molar-refractivity contribution in [3.63, 3.8) is 0 Å². The van der Waals surface area contributed by atoms with Crippen LogP contribution in [-0.2, 0) is 13.0 Å². The van der Waals surface area contributed by atoms with Gasteiger partial charge in [0.25, 0.3) is 0 Å². The number of benzene rings is 1. The SMILES string of the molecule is Cc1cc(F)ccc1Cn1cc2c(c1)C(O)CCC2. The van der Waals surface area contributed by atoms with Crippen molar-refractivity contribution >= 4 is 0 Å². The number of aliphatic hydroxyl groups is 1. The van der Waals surface area contributed by atoms with Crippen LogP contribution in [0.15, 0.2) is 30.6 Å². The fourth-order valence-corrected chi connectivity index (χ4v) is 2.85. The smallest absolute Gasteiger partial charge is 0.123 e. The number of rotatable bonds is 2. The van der Waals surface area contributed by atoms with E-state index >= 15 is 0 Å². The third kappa shape index (κ3) is 2.43. The first-order chi connectivity index (χ1) is 9.13. The van der Waals surface area contributed by atoms with Crippen molar-refractivity contribution in [3.05, 3.63) is 58.7 Å². The largest absolute Gasteiger partial charge is 0.388 e. The van der Waals surface area contributed by atoms with Crippen molar-refractivity contribution in [1.82, 2.24) is 4.57 Å². The second kappa shape index (κ2) is 4.82. The number of hydrogen-bond donors (Lipinski definition) is 1. The normalized spacial score (nSPS) is 18.4. The second-order valence-electron chi connectivity index (χ2n) is 5.39. The maximum absolute atomic E-state index is 13.1. The van der Waals surface area contributed by atoms with E-state index in [9.17, 15) is 9.50 Å². The molecule has 0 radical (unpaired) electrons. The van der Waals surface area contributed by atoms with Gasteiger partial charge in [-0.1, -0.05) is 6.07 Å². The maximum atomic E-state index is 13.1. The number of aromatic nitrogens is 1. The number of halogens is 1. The zero-order chi connectivity index (χ0) is 13.4. The topological polar surface area (TPSA) is 25.2 Å². The first-order valence-electron chi connectivity index (χ1n) is 6.75. The van der Waals surface area contributed by atoms with Gasteiger partial charge in [0, 0.05) is 24.5 Å². The average Bonchev–Trinajstić information content (AvgIpc) is 2.77. The lowest BCUT2D eigenvalue weighted by Crippen LogP contribution is -2.05. The zero-order valence-electron chi connectivity index (χ0n) is 11.1. The van der Waals surface area contributed by atoms with Gasteiger partial charge < -0.3 is 9.67 Å². The molecule has 2 nitrogen and oxygen atoms in total. The summed E-state index contributed by atoms with van der Waals surface area (Å²) in [5, 5.41) is 9.97. The van der Waals surface area contributed by atoms with Crippen LogP contribution in [-0.4, -0.2) is 9.67 Å². The highest BCUT2D eigenvalue weighted by molar-refractivity contribution is 5.31. The molecule has 1 unspecified atom stereocenters. The van der Waals surface area contributed by atoms with Gasteiger partial charge >= 0.3 is 0 Å². The number of hydrogen-bond acceptors (Lipinski definition) is 1. The Balaban J connectivity index is 1.87. The van der Waals surface area contributed by atoms with E-state index in [1.54, 1.807) is 6.07 Å². The average molecular weight is 259 g/mol. The van der Waals surface area contributed by atoms with Crippen molar-refractivity contribution in [2.45, 2.75) is 38.8 Å². The standard InChI is InChI=1S/C16H18FNO/c1-11-7-14(17)6-5-12(11)8-18-9-13-3-2-4-16(19)15(13)10-18/h5-7,9-10,16,19H,2-4,8H2,1H3. The van der Waals surface area contributed by atoms with E-state index in [0.29, 0.717) is 0 Å². The Hall–Kier alpha value is -1.61. The molecule has 0 saturated heterocycles. The molecule has 19 heavy (non-hydrogen) atoms. The zero-order valence-corrected chi connectivity index (χ0v) is 11.1. The van der Waals surface area contributed by atoms with Crippen LogP contribution in [0.4, 0.5) is 4.39 Å². The molecule has 1 aromatic carbocycles. The van der Waals surface area contributed by atoms with Crippen LogP contribution in [0.25, 0.3) is 0 Å². The first kappa shape index (κ1) is 12.4. The molecule has 0 spiro atoms. The predicted molar refractivity (Wildman–Crippen MR) is 72.6 cm³/mol. The number of aryl methyl sites for hydroxylation is 2. The van der Waals surface area contributed by atoms with Gasteiger partial charge in [-0.15, -0.1) is 0 Å². The Morgan fingerprint density at radius 3 is 2.95 bits per heavy atom. The minimum Gasteiger partial charge on any atom is -0.388 e. The fraction of sp³-hybridized carbons (Fsp3) is 0.375. The number of fused-ring (bicyclic) bond motifs is 1. The Kier molecular flexibility index (Phi) is 3.15. The predicted octanol–water partition coefficient (Wildman–Crippen LogP) is 3.35. The molecule has 100 valence electrons. The molecule has 1 atom stereocenters. The van der Waals surface area contributed by atoms with Crippen molar-refractivity contribution in [3.8, 4) is 0 Å². The second-order valence-corrected chi connectivity index (χ2v) is 5.39. The van der Waals surface area contributed by atoms with E-state index in [4.69, 9.17) is 0 Å². The minimum absolute atomic E-state index is 0.191. The van der Waals surface area contributed by atoms with E-state index in [2.05, 4.69) is 10.8 Å². The van der Waals surface area contributed by atoms with Crippen LogP contribution < -0.4 is 0 Å². The summed E-state index contributed by atoms with van der Waals surface area (Å²) in [6.45, 7) is 2.66. The van der Waals surface area contributed by atoms with E-state index in [1.165, 1.54) is 11.6 Å². The van der Waals surface area contributed by atoms with Crippen molar-refractivity contribution in [2.24, 2.45) is 0 Å². The lowest BCUT2D eigenvalue weighted by Gasteiger charge is -2.16. The van der Waals surface area contributed by atoms with Gasteiger partial charge in [-0.3, -0.25) is 0 Å². The van der Waals surface area contributed by atoms with E-state index in [0.717, 1.165) is 42.5 Å². The van der Waals surface area contributed by atoms with Gasteiger partial charge in [0.15, 0.2) is 0 Å². The fourth-order valence-electron chi connectivity index (χ4n) is 2.85. The van der Waals surface area contributed by atoms with Gasteiger partial charge in [-0.2, -0.15) is 0 Å². The molecular formula is C16H18FNO. The summed E-state index contributed by atoms with van der Waals surface area (Å²) in [5.74, 6) is -0.191. The van der Waals surface area contributed by atoms with Gasteiger partial charge in [0.2, 0.25) is 0 Å². The summed E-state index contributed by atoms with van der Waals surface area (Å²) in [7, 11) is 0. The van der Waals surface area contributed by atoms with Crippen molar-refractivity contribution in [2.75, 3.05) is 0 Å². The van der Waals surface area contributed by atoms with E-state index in [1.807, 2.05) is 19.2 Å².